The molecule has 102 valence electrons. The lowest BCUT2D eigenvalue weighted by Gasteiger charge is -2.10. The van der Waals surface area contributed by atoms with Gasteiger partial charge >= 0.3 is 0 Å². The summed E-state index contributed by atoms with van der Waals surface area (Å²) in [6.07, 6.45) is 1.50. The van der Waals surface area contributed by atoms with E-state index in [0.717, 1.165) is 22.3 Å². The van der Waals surface area contributed by atoms with Crippen molar-refractivity contribution in [2.24, 2.45) is 0 Å². The maximum Gasteiger partial charge on any atom is 0.227 e. The van der Waals surface area contributed by atoms with Gasteiger partial charge < -0.3 is 5.11 Å². The van der Waals surface area contributed by atoms with Crippen molar-refractivity contribution in [1.82, 2.24) is 0 Å². The fraction of sp³-hybridized carbons (Fsp3) is 0.167. The summed E-state index contributed by atoms with van der Waals surface area (Å²) in [4.78, 5) is 12.4. The van der Waals surface area contributed by atoms with Crippen LogP contribution in [-0.2, 0) is 0 Å². The Bertz CT molecular complexity index is 644. The SMILES string of the molecule is Cc1cc(C)c(C(=O)C(O)=Cc2ccccc2)c(C)c1. The van der Waals surface area contributed by atoms with Crippen molar-refractivity contribution in [3.63, 3.8) is 0 Å². The zero-order valence-corrected chi connectivity index (χ0v) is 12.0. The first-order valence-electron chi connectivity index (χ1n) is 6.57. The van der Waals surface area contributed by atoms with Crippen molar-refractivity contribution in [3.05, 3.63) is 76.0 Å². The van der Waals surface area contributed by atoms with Crippen molar-refractivity contribution in [1.29, 1.82) is 0 Å². The van der Waals surface area contributed by atoms with Gasteiger partial charge in [-0.3, -0.25) is 4.79 Å². The number of ketones is 1. The van der Waals surface area contributed by atoms with E-state index < -0.39 is 0 Å². The van der Waals surface area contributed by atoms with Crippen LogP contribution in [0, 0.1) is 20.8 Å². The van der Waals surface area contributed by atoms with Gasteiger partial charge in [0.15, 0.2) is 5.76 Å². The van der Waals surface area contributed by atoms with Gasteiger partial charge in [-0.1, -0.05) is 48.0 Å². The highest BCUT2D eigenvalue weighted by molar-refractivity contribution is 6.11. The molecule has 20 heavy (non-hydrogen) atoms. The Hall–Kier alpha value is -2.35. The van der Waals surface area contributed by atoms with E-state index in [-0.39, 0.29) is 11.5 Å². The molecule has 2 aromatic rings. The second-order valence-electron chi connectivity index (χ2n) is 5.04. The van der Waals surface area contributed by atoms with Gasteiger partial charge in [-0.15, -0.1) is 0 Å². The second kappa shape index (κ2) is 5.74. The molecular formula is C18H18O2. The molecule has 0 spiro atoms. The highest BCUT2D eigenvalue weighted by atomic mass is 16.3. The largest absolute Gasteiger partial charge is 0.504 e. The molecule has 0 aliphatic heterocycles. The number of aryl methyl sites for hydroxylation is 3. The third kappa shape index (κ3) is 2.97. The van der Waals surface area contributed by atoms with Gasteiger partial charge in [0.1, 0.15) is 0 Å². The summed E-state index contributed by atoms with van der Waals surface area (Å²) in [7, 11) is 0. The number of aliphatic hydroxyl groups is 1. The van der Waals surface area contributed by atoms with E-state index >= 15 is 0 Å². The summed E-state index contributed by atoms with van der Waals surface area (Å²) in [6.45, 7) is 5.78. The van der Waals surface area contributed by atoms with Gasteiger partial charge in [0.25, 0.3) is 0 Å². The minimum atomic E-state index is -0.330. The van der Waals surface area contributed by atoms with Crippen molar-refractivity contribution in [3.8, 4) is 0 Å². The number of benzene rings is 2. The summed E-state index contributed by atoms with van der Waals surface area (Å²) in [5, 5.41) is 10.1. The Balaban J connectivity index is 2.40. The lowest BCUT2D eigenvalue weighted by Crippen LogP contribution is -2.08. The Kier molecular flexibility index (Phi) is 4.04. The average molecular weight is 266 g/mol. The summed E-state index contributed by atoms with van der Waals surface area (Å²) < 4.78 is 0. The Labute approximate surface area is 119 Å². The Morgan fingerprint density at radius 2 is 1.55 bits per heavy atom. The number of carbonyl (C=O) groups excluding carboxylic acids is 1. The molecule has 0 saturated carbocycles. The van der Waals surface area contributed by atoms with E-state index in [1.807, 2.05) is 63.2 Å². The lowest BCUT2D eigenvalue weighted by atomic mass is 9.95. The van der Waals surface area contributed by atoms with Crippen LogP contribution in [0.25, 0.3) is 6.08 Å². The van der Waals surface area contributed by atoms with Crippen molar-refractivity contribution in [2.45, 2.75) is 20.8 Å². The first-order chi connectivity index (χ1) is 9.49. The molecule has 2 heteroatoms. The van der Waals surface area contributed by atoms with E-state index in [1.165, 1.54) is 6.08 Å². The standard InChI is InChI=1S/C18H18O2/c1-12-9-13(2)17(14(3)10-12)18(20)16(19)11-15-7-5-4-6-8-15/h4-11,19H,1-3H3. The third-order valence-corrected chi connectivity index (χ3v) is 3.24. The monoisotopic (exact) mass is 266 g/mol. The second-order valence-corrected chi connectivity index (χ2v) is 5.04. The molecular weight excluding hydrogens is 248 g/mol. The molecule has 1 N–H and O–H groups in total. The number of hydrogen-bond acceptors (Lipinski definition) is 2. The van der Waals surface area contributed by atoms with Gasteiger partial charge in [0.05, 0.1) is 0 Å². The molecule has 2 rings (SSSR count). The van der Waals surface area contributed by atoms with Gasteiger partial charge in [-0.25, -0.2) is 0 Å². The molecule has 0 heterocycles. The van der Waals surface area contributed by atoms with E-state index in [0.29, 0.717) is 5.56 Å². The van der Waals surface area contributed by atoms with Crippen molar-refractivity contribution < 1.29 is 9.90 Å². The Morgan fingerprint density at radius 1 is 1.00 bits per heavy atom. The zero-order valence-electron chi connectivity index (χ0n) is 12.0. The molecule has 0 unspecified atom stereocenters. The lowest BCUT2D eigenvalue weighted by molar-refractivity contribution is 0.0979. The number of Topliss-reactive ketones (excluding diaryl/α,β-unsaturated/α-hetero) is 1. The molecule has 0 fully saturated rings. The first-order valence-corrected chi connectivity index (χ1v) is 6.57. The molecule has 0 bridgehead atoms. The molecule has 0 aliphatic carbocycles. The number of rotatable bonds is 3. The predicted octanol–water partition coefficient (Wildman–Crippen LogP) is 4.39. The van der Waals surface area contributed by atoms with Crippen LogP contribution in [0.15, 0.2) is 48.2 Å². The molecule has 0 saturated heterocycles. The maximum absolute atomic E-state index is 12.4. The molecule has 2 aromatic carbocycles. The average Bonchev–Trinajstić information content (AvgIpc) is 2.38. The fourth-order valence-corrected chi connectivity index (χ4v) is 2.44. The van der Waals surface area contributed by atoms with Crippen molar-refractivity contribution in [2.75, 3.05) is 0 Å². The molecule has 2 nitrogen and oxygen atoms in total. The van der Waals surface area contributed by atoms with E-state index in [9.17, 15) is 9.90 Å². The van der Waals surface area contributed by atoms with Crippen molar-refractivity contribution >= 4 is 11.9 Å². The summed E-state index contributed by atoms with van der Waals surface area (Å²) >= 11 is 0. The first kappa shape index (κ1) is 14.1. The van der Waals surface area contributed by atoms with Crippen LogP contribution in [0.2, 0.25) is 0 Å². The summed E-state index contributed by atoms with van der Waals surface area (Å²) in [6, 6.07) is 13.2. The molecule has 0 atom stereocenters. The molecule has 0 aromatic heterocycles. The summed E-state index contributed by atoms with van der Waals surface area (Å²) in [5.41, 5.74) is 4.28. The zero-order chi connectivity index (χ0) is 14.7. The van der Waals surface area contributed by atoms with Crippen LogP contribution in [0.5, 0.6) is 0 Å². The predicted molar refractivity (Wildman–Crippen MR) is 82.0 cm³/mol. The highest BCUT2D eigenvalue weighted by Crippen LogP contribution is 2.20. The van der Waals surface area contributed by atoms with Gasteiger partial charge in [0.2, 0.25) is 5.78 Å². The minimum Gasteiger partial charge on any atom is -0.504 e. The number of hydrogen-bond donors (Lipinski definition) is 1. The number of allylic oxidation sites excluding steroid dienone is 1. The Morgan fingerprint density at radius 3 is 2.10 bits per heavy atom. The normalized spacial score (nSPS) is 11.4. The van der Waals surface area contributed by atoms with Crippen LogP contribution in [0.3, 0.4) is 0 Å². The maximum atomic E-state index is 12.4. The van der Waals surface area contributed by atoms with E-state index in [1.54, 1.807) is 0 Å². The quantitative estimate of drug-likeness (QED) is 0.508. The van der Waals surface area contributed by atoms with Crippen LogP contribution < -0.4 is 0 Å². The highest BCUT2D eigenvalue weighted by Gasteiger charge is 2.16. The molecule has 0 radical (unpaired) electrons. The van der Waals surface area contributed by atoms with Crippen LogP contribution in [0.1, 0.15) is 32.6 Å². The van der Waals surface area contributed by atoms with Gasteiger partial charge in [-0.2, -0.15) is 0 Å². The van der Waals surface area contributed by atoms with Crippen LogP contribution in [0.4, 0.5) is 0 Å². The summed E-state index contributed by atoms with van der Waals surface area (Å²) in [5.74, 6) is -0.560. The van der Waals surface area contributed by atoms with Gasteiger partial charge in [-0.05, 0) is 43.5 Å². The fourth-order valence-electron chi connectivity index (χ4n) is 2.44. The molecule has 0 amide bonds. The van der Waals surface area contributed by atoms with Gasteiger partial charge in [0, 0.05) is 5.56 Å². The smallest absolute Gasteiger partial charge is 0.227 e. The molecule has 0 aliphatic rings. The van der Waals surface area contributed by atoms with E-state index in [2.05, 4.69) is 0 Å². The number of aliphatic hydroxyl groups excluding tert-OH is 1. The third-order valence-electron chi connectivity index (χ3n) is 3.24. The number of carbonyl (C=O) groups is 1. The topological polar surface area (TPSA) is 37.3 Å². The minimum absolute atomic E-state index is 0.230. The van der Waals surface area contributed by atoms with Crippen LogP contribution in [-0.4, -0.2) is 10.9 Å². The van der Waals surface area contributed by atoms with E-state index in [4.69, 9.17) is 0 Å². The van der Waals surface area contributed by atoms with Crippen LogP contribution >= 0.6 is 0 Å².